The highest BCUT2D eigenvalue weighted by molar-refractivity contribution is 5.79. The summed E-state index contributed by atoms with van der Waals surface area (Å²) in [5, 5.41) is 0. The molecule has 1 fully saturated rings. The molecule has 0 radical (unpaired) electrons. The van der Waals surface area contributed by atoms with Crippen LogP contribution in [0, 0.1) is 6.92 Å². The monoisotopic (exact) mass is 438 g/mol. The van der Waals surface area contributed by atoms with Crippen molar-refractivity contribution in [2.75, 3.05) is 39.4 Å². The molecule has 6 heteroatoms. The van der Waals surface area contributed by atoms with Crippen molar-refractivity contribution in [3.8, 4) is 11.5 Å². The van der Waals surface area contributed by atoms with E-state index in [4.69, 9.17) is 9.47 Å². The van der Waals surface area contributed by atoms with Gasteiger partial charge in [-0.25, -0.2) is 0 Å². The Labute approximate surface area is 191 Å². The number of hydrogen-bond donors (Lipinski definition) is 0. The van der Waals surface area contributed by atoms with Gasteiger partial charge in [0.05, 0.1) is 13.0 Å². The quantitative estimate of drug-likeness (QED) is 0.660. The van der Waals surface area contributed by atoms with E-state index in [1.165, 1.54) is 5.56 Å². The lowest BCUT2D eigenvalue weighted by molar-refractivity contribution is -0.141. The van der Waals surface area contributed by atoms with Gasteiger partial charge < -0.3 is 19.3 Å². The lowest BCUT2D eigenvalue weighted by atomic mass is 9.85. The van der Waals surface area contributed by atoms with Gasteiger partial charge in [-0.15, -0.1) is 0 Å². The highest BCUT2D eigenvalue weighted by Crippen LogP contribution is 2.32. The molecule has 0 unspecified atom stereocenters. The van der Waals surface area contributed by atoms with Gasteiger partial charge >= 0.3 is 0 Å². The highest BCUT2D eigenvalue weighted by atomic mass is 16.5. The minimum absolute atomic E-state index is 0.00496. The van der Waals surface area contributed by atoms with Crippen LogP contribution in [0.4, 0.5) is 0 Å². The van der Waals surface area contributed by atoms with Crippen molar-refractivity contribution in [1.29, 1.82) is 0 Å². The first-order chi connectivity index (χ1) is 15.2. The minimum Gasteiger partial charge on any atom is -0.493 e. The van der Waals surface area contributed by atoms with Crippen LogP contribution in [-0.2, 0) is 15.0 Å². The topological polar surface area (TPSA) is 59.1 Å². The Morgan fingerprint density at radius 2 is 1.50 bits per heavy atom. The summed E-state index contributed by atoms with van der Waals surface area (Å²) < 4.78 is 11.5. The van der Waals surface area contributed by atoms with E-state index >= 15 is 0 Å². The molecule has 32 heavy (non-hydrogen) atoms. The molecule has 6 nitrogen and oxygen atoms in total. The summed E-state index contributed by atoms with van der Waals surface area (Å²) in [6.45, 7) is 10.9. The van der Waals surface area contributed by atoms with Gasteiger partial charge in [-0.3, -0.25) is 9.59 Å². The maximum atomic E-state index is 12.7. The van der Waals surface area contributed by atoms with Gasteiger partial charge in [-0.1, -0.05) is 56.7 Å². The standard InChI is InChI=1S/C26H34N2O4/c1-20-10-11-23(22(18-20)26(2,3)4)32-19-25(30)28-15-13-27(14-16-28)24(29)12-17-31-21-8-6-5-7-9-21/h5-11,18H,12-17,19H2,1-4H3. The van der Waals surface area contributed by atoms with Crippen molar-refractivity contribution in [2.24, 2.45) is 0 Å². The number of ether oxygens (including phenoxy) is 2. The van der Waals surface area contributed by atoms with Gasteiger partial charge in [0.1, 0.15) is 11.5 Å². The largest absolute Gasteiger partial charge is 0.493 e. The molecule has 0 atom stereocenters. The highest BCUT2D eigenvalue weighted by Gasteiger charge is 2.25. The fourth-order valence-corrected chi connectivity index (χ4v) is 3.72. The van der Waals surface area contributed by atoms with Crippen LogP contribution < -0.4 is 9.47 Å². The number of amides is 2. The summed E-state index contributed by atoms with van der Waals surface area (Å²) >= 11 is 0. The Morgan fingerprint density at radius 1 is 0.875 bits per heavy atom. The summed E-state index contributed by atoms with van der Waals surface area (Å²) in [6, 6.07) is 15.5. The number of piperazine rings is 1. The van der Waals surface area contributed by atoms with Gasteiger partial charge in [0.2, 0.25) is 5.91 Å². The van der Waals surface area contributed by atoms with E-state index in [0.29, 0.717) is 39.2 Å². The Kier molecular flexibility index (Phi) is 7.78. The molecule has 0 aromatic heterocycles. The number of para-hydroxylation sites is 1. The summed E-state index contributed by atoms with van der Waals surface area (Å²) in [6.07, 6.45) is 0.328. The van der Waals surface area contributed by atoms with E-state index in [9.17, 15) is 9.59 Å². The van der Waals surface area contributed by atoms with Gasteiger partial charge in [0, 0.05) is 26.2 Å². The van der Waals surface area contributed by atoms with E-state index in [-0.39, 0.29) is 23.8 Å². The third-order valence-corrected chi connectivity index (χ3v) is 5.61. The molecule has 0 N–H and O–H groups in total. The third-order valence-electron chi connectivity index (χ3n) is 5.61. The average Bonchev–Trinajstić information content (AvgIpc) is 2.78. The Bertz CT molecular complexity index is 913. The molecular weight excluding hydrogens is 404 g/mol. The molecule has 1 aliphatic rings. The normalized spacial score (nSPS) is 14.2. The molecule has 2 aromatic carbocycles. The molecule has 1 heterocycles. The van der Waals surface area contributed by atoms with Crippen LogP contribution in [0.25, 0.3) is 0 Å². The van der Waals surface area contributed by atoms with E-state index < -0.39 is 0 Å². The van der Waals surface area contributed by atoms with Gasteiger partial charge in [0.25, 0.3) is 5.91 Å². The first-order valence-corrected chi connectivity index (χ1v) is 11.2. The molecule has 172 valence electrons. The SMILES string of the molecule is Cc1ccc(OCC(=O)N2CCN(C(=O)CCOc3ccccc3)CC2)c(C(C)(C)C)c1. The second kappa shape index (κ2) is 10.5. The molecule has 1 aliphatic heterocycles. The van der Waals surface area contributed by atoms with Crippen LogP contribution in [0.3, 0.4) is 0 Å². The summed E-state index contributed by atoms with van der Waals surface area (Å²) in [5.74, 6) is 1.52. The molecule has 0 aliphatic carbocycles. The van der Waals surface area contributed by atoms with Crippen molar-refractivity contribution in [2.45, 2.75) is 39.5 Å². The van der Waals surface area contributed by atoms with Crippen molar-refractivity contribution in [1.82, 2.24) is 9.80 Å². The summed E-state index contributed by atoms with van der Waals surface area (Å²) in [4.78, 5) is 28.7. The van der Waals surface area contributed by atoms with Crippen molar-refractivity contribution in [3.05, 3.63) is 59.7 Å². The number of rotatable bonds is 7. The maximum absolute atomic E-state index is 12.7. The zero-order valence-electron chi connectivity index (χ0n) is 19.6. The molecule has 0 saturated carbocycles. The summed E-state index contributed by atoms with van der Waals surface area (Å²) in [7, 11) is 0. The van der Waals surface area contributed by atoms with Crippen molar-refractivity contribution < 1.29 is 19.1 Å². The van der Waals surface area contributed by atoms with Crippen LogP contribution in [-0.4, -0.2) is 61.0 Å². The van der Waals surface area contributed by atoms with Gasteiger partial charge in [0.15, 0.2) is 6.61 Å². The Balaban J connectivity index is 1.43. The fraction of sp³-hybridized carbons (Fsp3) is 0.462. The molecule has 2 aromatic rings. The lowest BCUT2D eigenvalue weighted by Gasteiger charge is -2.35. The predicted octanol–water partition coefficient (Wildman–Crippen LogP) is 3.81. The number of carbonyl (C=O) groups excluding carboxylic acids is 2. The van der Waals surface area contributed by atoms with E-state index in [0.717, 1.165) is 17.1 Å². The number of nitrogens with zero attached hydrogens (tertiary/aromatic N) is 2. The number of carbonyl (C=O) groups is 2. The second-order valence-electron chi connectivity index (χ2n) is 9.21. The lowest BCUT2D eigenvalue weighted by Crippen LogP contribution is -2.51. The first kappa shape index (κ1) is 23.6. The van der Waals surface area contributed by atoms with Gasteiger partial charge in [-0.05, 0) is 36.1 Å². The zero-order valence-corrected chi connectivity index (χ0v) is 19.6. The number of benzene rings is 2. The second-order valence-corrected chi connectivity index (χ2v) is 9.21. The van der Waals surface area contributed by atoms with Crippen LogP contribution >= 0.6 is 0 Å². The minimum atomic E-state index is -0.0688. The fourth-order valence-electron chi connectivity index (χ4n) is 3.72. The summed E-state index contributed by atoms with van der Waals surface area (Å²) in [5.41, 5.74) is 2.20. The Morgan fingerprint density at radius 3 is 2.12 bits per heavy atom. The molecule has 0 spiro atoms. The van der Waals surface area contributed by atoms with Crippen molar-refractivity contribution in [3.63, 3.8) is 0 Å². The van der Waals surface area contributed by atoms with Crippen molar-refractivity contribution >= 4 is 11.8 Å². The average molecular weight is 439 g/mol. The molecular formula is C26H34N2O4. The molecule has 3 rings (SSSR count). The van der Waals surface area contributed by atoms with Gasteiger partial charge in [-0.2, -0.15) is 0 Å². The number of hydrogen-bond acceptors (Lipinski definition) is 4. The van der Waals surface area contributed by atoms with Crippen LogP contribution in [0.15, 0.2) is 48.5 Å². The molecule has 2 amide bonds. The first-order valence-electron chi connectivity index (χ1n) is 11.2. The van der Waals surface area contributed by atoms with E-state index in [2.05, 4.69) is 33.8 Å². The third kappa shape index (κ3) is 6.49. The smallest absolute Gasteiger partial charge is 0.260 e. The van der Waals surface area contributed by atoms with E-state index in [1.54, 1.807) is 9.80 Å². The zero-order chi connectivity index (χ0) is 23.1. The predicted molar refractivity (Wildman–Crippen MR) is 125 cm³/mol. The number of aryl methyl sites for hydroxylation is 1. The molecule has 0 bridgehead atoms. The van der Waals surface area contributed by atoms with Crippen LogP contribution in [0.1, 0.15) is 38.3 Å². The maximum Gasteiger partial charge on any atom is 0.260 e. The molecule has 1 saturated heterocycles. The van der Waals surface area contributed by atoms with Crippen LogP contribution in [0.5, 0.6) is 11.5 Å². The van der Waals surface area contributed by atoms with Crippen LogP contribution in [0.2, 0.25) is 0 Å². The Hall–Kier alpha value is -3.02. The van der Waals surface area contributed by atoms with E-state index in [1.807, 2.05) is 42.5 Å².